The lowest BCUT2D eigenvalue weighted by atomic mass is 9.90. The Balaban J connectivity index is 2.39. The Morgan fingerprint density at radius 3 is 1.75 bits per heavy atom. The molecule has 0 unspecified atom stereocenters. The molecule has 0 radical (unpaired) electrons. The van der Waals surface area contributed by atoms with Crippen LogP contribution in [0.4, 0.5) is 0 Å². The summed E-state index contributed by atoms with van der Waals surface area (Å²) in [6, 6.07) is 16.0. The second-order valence-corrected chi connectivity index (χ2v) is 4.22. The fraction of sp³-hybridized carbons (Fsp3) is 0.143. The number of nitrogens with two attached hydrogens (primary N) is 1. The van der Waals surface area contributed by atoms with Crippen molar-refractivity contribution in [1.82, 2.24) is 0 Å². The lowest BCUT2D eigenvalue weighted by Crippen LogP contribution is -2.39. The second kappa shape index (κ2) is 3.17. The fourth-order valence-corrected chi connectivity index (χ4v) is 2.53. The van der Waals surface area contributed by atoms with E-state index >= 15 is 0 Å². The van der Waals surface area contributed by atoms with E-state index in [-0.39, 0.29) is 6.61 Å². The molecule has 2 aromatic carbocycles. The van der Waals surface area contributed by atoms with E-state index in [1.54, 1.807) is 0 Å². The average molecular weight is 211 g/mol. The van der Waals surface area contributed by atoms with Crippen LogP contribution in [0.25, 0.3) is 11.1 Å². The molecular weight excluding hydrogens is 198 g/mol. The summed E-state index contributed by atoms with van der Waals surface area (Å²) in [6.07, 6.45) is 0. The van der Waals surface area contributed by atoms with Gasteiger partial charge in [0, 0.05) is 0 Å². The maximum Gasteiger partial charge on any atom is 0.0912 e. The summed E-state index contributed by atoms with van der Waals surface area (Å²) < 4.78 is 0. The van der Waals surface area contributed by atoms with Crippen molar-refractivity contribution in [2.24, 2.45) is 5.73 Å². The quantitative estimate of drug-likeness (QED) is 0.756. The summed E-state index contributed by atoms with van der Waals surface area (Å²) >= 11 is 0. The first-order valence-corrected chi connectivity index (χ1v) is 5.36. The number of fused-ring (bicyclic) bond motifs is 3. The normalized spacial score (nSPS) is 15.6. The van der Waals surface area contributed by atoms with Crippen LogP contribution in [-0.4, -0.2) is 11.7 Å². The Kier molecular flexibility index (Phi) is 1.90. The number of hydrogen-bond donors (Lipinski definition) is 2. The van der Waals surface area contributed by atoms with E-state index in [0.717, 1.165) is 22.3 Å². The SMILES string of the molecule is NC1(CO)c2ccccc2-c2ccccc21. The molecule has 0 spiro atoms. The first-order valence-electron chi connectivity index (χ1n) is 5.36. The molecule has 0 heterocycles. The highest BCUT2D eigenvalue weighted by molar-refractivity contribution is 5.80. The highest BCUT2D eigenvalue weighted by atomic mass is 16.3. The van der Waals surface area contributed by atoms with Gasteiger partial charge in [-0.2, -0.15) is 0 Å². The second-order valence-electron chi connectivity index (χ2n) is 4.22. The van der Waals surface area contributed by atoms with Crippen molar-refractivity contribution in [2.45, 2.75) is 5.54 Å². The van der Waals surface area contributed by atoms with Gasteiger partial charge in [0.1, 0.15) is 0 Å². The number of benzene rings is 2. The molecule has 0 fully saturated rings. The van der Waals surface area contributed by atoms with E-state index in [9.17, 15) is 5.11 Å². The molecule has 1 aliphatic carbocycles. The molecule has 2 nitrogen and oxygen atoms in total. The van der Waals surface area contributed by atoms with Crippen molar-refractivity contribution in [3.05, 3.63) is 59.7 Å². The van der Waals surface area contributed by atoms with Crippen LogP contribution in [0.1, 0.15) is 11.1 Å². The molecule has 3 rings (SSSR count). The highest BCUT2D eigenvalue weighted by Crippen LogP contribution is 2.45. The summed E-state index contributed by atoms with van der Waals surface area (Å²) in [4.78, 5) is 0. The molecule has 0 saturated carbocycles. The summed E-state index contributed by atoms with van der Waals surface area (Å²) in [5.41, 5.74) is 9.88. The lowest BCUT2D eigenvalue weighted by molar-refractivity contribution is 0.226. The number of hydrogen-bond acceptors (Lipinski definition) is 2. The minimum Gasteiger partial charge on any atom is -0.394 e. The number of aliphatic hydroxyl groups excluding tert-OH is 1. The smallest absolute Gasteiger partial charge is 0.0912 e. The Hall–Kier alpha value is -1.64. The minimum atomic E-state index is -0.743. The number of rotatable bonds is 1. The zero-order valence-corrected chi connectivity index (χ0v) is 8.85. The molecular formula is C14H13NO. The molecule has 0 aromatic heterocycles. The molecule has 0 atom stereocenters. The molecule has 16 heavy (non-hydrogen) atoms. The van der Waals surface area contributed by atoms with Crippen molar-refractivity contribution < 1.29 is 5.11 Å². The molecule has 0 amide bonds. The molecule has 0 saturated heterocycles. The zero-order valence-electron chi connectivity index (χ0n) is 8.85. The van der Waals surface area contributed by atoms with Crippen LogP contribution in [0.5, 0.6) is 0 Å². The maximum atomic E-state index is 9.59. The van der Waals surface area contributed by atoms with Gasteiger partial charge in [0.2, 0.25) is 0 Å². The van der Waals surface area contributed by atoms with Crippen LogP contribution >= 0.6 is 0 Å². The largest absolute Gasteiger partial charge is 0.394 e. The lowest BCUT2D eigenvalue weighted by Gasteiger charge is -2.24. The Morgan fingerprint density at radius 2 is 1.31 bits per heavy atom. The summed E-state index contributed by atoms with van der Waals surface area (Å²) in [5.74, 6) is 0. The van der Waals surface area contributed by atoms with Crippen LogP contribution in [0.15, 0.2) is 48.5 Å². The molecule has 3 N–H and O–H groups in total. The van der Waals surface area contributed by atoms with Gasteiger partial charge in [-0.25, -0.2) is 0 Å². The van der Waals surface area contributed by atoms with Gasteiger partial charge in [0.05, 0.1) is 12.1 Å². The summed E-state index contributed by atoms with van der Waals surface area (Å²) in [5, 5.41) is 9.59. The van der Waals surface area contributed by atoms with E-state index < -0.39 is 5.54 Å². The predicted molar refractivity (Wildman–Crippen MR) is 63.9 cm³/mol. The van der Waals surface area contributed by atoms with Gasteiger partial charge in [0.15, 0.2) is 0 Å². The monoisotopic (exact) mass is 211 g/mol. The van der Waals surface area contributed by atoms with Crippen molar-refractivity contribution in [3.63, 3.8) is 0 Å². The molecule has 0 bridgehead atoms. The van der Waals surface area contributed by atoms with Gasteiger partial charge in [-0.05, 0) is 22.3 Å². The Bertz CT molecular complexity index is 502. The van der Waals surface area contributed by atoms with Crippen LogP contribution < -0.4 is 5.73 Å². The standard InChI is InChI=1S/C14H13NO/c15-14(9-16)12-7-3-1-5-10(12)11-6-2-4-8-13(11)14/h1-8,16H,9,15H2. The summed E-state index contributed by atoms with van der Waals surface area (Å²) in [6.45, 7) is -0.0684. The molecule has 2 heteroatoms. The van der Waals surface area contributed by atoms with Crippen molar-refractivity contribution in [2.75, 3.05) is 6.61 Å². The van der Waals surface area contributed by atoms with Crippen LogP contribution in [0.3, 0.4) is 0 Å². The van der Waals surface area contributed by atoms with E-state index in [4.69, 9.17) is 5.73 Å². The topological polar surface area (TPSA) is 46.2 Å². The summed E-state index contributed by atoms with van der Waals surface area (Å²) in [7, 11) is 0. The van der Waals surface area contributed by atoms with Crippen molar-refractivity contribution in [3.8, 4) is 11.1 Å². The van der Waals surface area contributed by atoms with Crippen LogP contribution in [0, 0.1) is 0 Å². The molecule has 80 valence electrons. The van der Waals surface area contributed by atoms with Crippen molar-refractivity contribution >= 4 is 0 Å². The molecule has 1 aliphatic rings. The van der Waals surface area contributed by atoms with E-state index in [2.05, 4.69) is 12.1 Å². The van der Waals surface area contributed by atoms with E-state index in [1.165, 1.54) is 0 Å². The van der Waals surface area contributed by atoms with Crippen LogP contribution in [-0.2, 0) is 5.54 Å². The first-order chi connectivity index (χ1) is 7.77. The number of aliphatic hydroxyl groups is 1. The Morgan fingerprint density at radius 1 is 0.875 bits per heavy atom. The first kappa shape index (κ1) is 9.58. The van der Waals surface area contributed by atoms with Gasteiger partial charge in [0.25, 0.3) is 0 Å². The molecule has 0 aliphatic heterocycles. The third-order valence-electron chi connectivity index (χ3n) is 3.35. The predicted octanol–water partition coefficient (Wildman–Crippen LogP) is 1.86. The van der Waals surface area contributed by atoms with Gasteiger partial charge in [-0.15, -0.1) is 0 Å². The van der Waals surface area contributed by atoms with Crippen LogP contribution in [0.2, 0.25) is 0 Å². The molecule has 2 aromatic rings. The average Bonchev–Trinajstić information content (AvgIpc) is 2.62. The Labute approximate surface area is 94.3 Å². The maximum absolute atomic E-state index is 9.59. The fourth-order valence-electron chi connectivity index (χ4n) is 2.53. The van der Waals surface area contributed by atoms with Crippen molar-refractivity contribution in [1.29, 1.82) is 0 Å². The minimum absolute atomic E-state index is 0.0684. The van der Waals surface area contributed by atoms with Gasteiger partial charge < -0.3 is 10.8 Å². The van der Waals surface area contributed by atoms with E-state index in [0.29, 0.717) is 0 Å². The third-order valence-corrected chi connectivity index (χ3v) is 3.35. The van der Waals surface area contributed by atoms with E-state index in [1.807, 2.05) is 36.4 Å². The van der Waals surface area contributed by atoms with Gasteiger partial charge in [-0.3, -0.25) is 0 Å². The third kappa shape index (κ3) is 1.03. The zero-order chi connectivity index (χ0) is 11.2. The van der Waals surface area contributed by atoms with Gasteiger partial charge in [-0.1, -0.05) is 48.5 Å². The van der Waals surface area contributed by atoms with Gasteiger partial charge >= 0.3 is 0 Å². The highest BCUT2D eigenvalue weighted by Gasteiger charge is 2.38.